The minimum Gasteiger partial charge on any atom is -0.370 e. The molecule has 0 spiro atoms. The largest absolute Gasteiger partial charge is 0.370 e. The van der Waals surface area contributed by atoms with Gasteiger partial charge in [0.05, 0.1) is 12.7 Å². The molecule has 19 heavy (non-hydrogen) atoms. The van der Waals surface area contributed by atoms with Crippen LogP contribution < -0.4 is 10.6 Å². The number of nitrogens with one attached hydrogen (secondary N) is 2. The summed E-state index contributed by atoms with van der Waals surface area (Å²) in [5.74, 6) is 0.506. The van der Waals surface area contributed by atoms with Crippen molar-refractivity contribution in [2.24, 2.45) is 0 Å². The van der Waals surface area contributed by atoms with Gasteiger partial charge in [-0.3, -0.25) is 9.48 Å². The van der Waals surface area contributed by atoms with Gasteiger partial charge in [-0.2, -0.15) is 0 Å². The van der Waals surface area contributed by atoms with Crippen molar-refractivity contribution in [3.63, 3.8) is 0 Å². The molecule has 0 aliphatic heterocycles. The molecule has 0 radical (unpaired) electrons. The lowest BCUT2D eigenvalue weighted by molar-refractivity contribution is 0.0947. The maximum absolute atomic E-state index is 11.9. The fourth-order valence-electron chi connectivity index (χ4n) is 1.57. The Morgan fingerprint density at radius 1 is 1.42 bits per heavy atom. The van der Waals surface area contributed by atoms with E-state index in [-0.39, 0.29) is 5.91 Å². The summed E-state index contributed by atoms with van der Waals surface area (Å²) in [5.41, 5.74) is 0.400. The zero-order chi connectivity index (χ0) is 13.5. The van der Waals surface area contributed by atoms with E-state index in [1.165, 1.54) is 0 Å². The summed E-state index contributed by atoms with van der Waals surface area (Å²) in [4.78, 5) is 16.1. The maximum Gasteiger partial charge on any atom is 0.270 e. The summed E-state index contributed by atoms with van der Waals surface area (Å²) < 4.78 is 1.66. The van der Waals surface area contributed by atoms with Crippen molar-refractivity contribution in [3.05, 3.63) is 36.3 Å². The van der Waals surface area contributed by atoms with Crippen LogP contribution in [0.15, 0.2) is 30.6 Å². The van der Waals surface area contributed by atoms with Gasteiger partial charge in [-0.25, -0.2) is 4.98 Å². The average Bonchev–Trinajstić information content (AvgIpc) is 2.92. The molecule has 100 valence electrons. The minimum absolute atomic E-state index is 0.195. The van der Waals surface area contributed by atoms with Gasteiger partial charge >= 0.3 is 0 Å². The van der Waals surface area contributed by atoms with Crippen LogP contribution in [-0.2, 0) is 6.54 Å². The van der Waals surface area contributed by atoms with Crippen LogP contribution in [0.25, 0.3) is 0 Å². The van der Waals surface area contributed by atoms with Crippen molar-refractivity contribution in [1.29, 1.82) is 0 Å². The first-order valence-electron chi connectivity index (χ1n) is 6.13. The van der Waals surface area contributed by atoms with E-state index in [4.69, 9.17) is 0 Å². The van der Waals surface area contributed by atoms with Crippen LogP contribution in [0.1, 0.15) is 17.4 Å². The highest BCUT2D eigenvalue weighted by Gasteiger charge is 2.07. The van der Waals surface area contributed by atoms with E-state index in [0.717, 1.165) is 6.54 Å². The van der Waals surface area contributed by atoms with E-state index in [1.54, 1.807) is 29.2 Å². The Balaban J connectivity index is 1.87. The van der Waals surface area contributed by atoms with E-state index < -0.39 is 0 Å². The third-order valence-corrected chi connectivity index (χ3v) is 2.44. The van der Waals surface area contributed by atoms with Crippen molar-refractivity contribution in [2.45, 2.75) is 13.5 Å². The van der Waals surface area contributed by atoms with Crippen LogP contribution in [-0.4, -0.2) is 39.0 Å². The minimum atomic E-state index is -0.195. The second-order valence-corrected chi connectivity index (χ2v) is 3.86. The van der Waals surface area contributed by atoms with Crippen LogP contribution in [0.3, 0.4) is 0 Å². The number of hydrogen-bond acceptors (Lipinski definition) is 5. The molecule has 2 heterocycles. The molecule has 0 aliphatic carbocycles. The van der Waals surface area contributed by atoms with Gasteiger partial charge in [-0.15, -0.1) is 5.10 Å². The molecule has 0 aliphatic rings. The van der Waals surface area contributed by atoms with Gasteiger partial charge in [0, 0.05) is 19.3 Å². The van der Waals surface area contributed by atoms with Crippen molar-refractivity contribution < 1.29 is 4.79 Å². The van der Waals surface area contributed by atoms with E-state index in [0.29, 0.717) is 24.6 Å². The Bertz CT molecular complexity index is 525. The average molecular weight is 260 g/mol. The lowest BCUT2D eigenvalue weighted by Crippen LogP contribution is -2.28. The molecule has 2 aromatic rings. The standard InChI is InChI=1S/C12H16N6O/c1-2-13-11-5-3-4-10(16-11)12(19)14-6-8-18-9-7-15-17-18/h3-5,7,9H,2,6,8H2,1H3,(H,13,16)(H,14,19). The quantitative estimate of drug-likeness (QED) is 0.791. The van der Waals surface area contributed by atoms with Gasteiger partial charge < -0.3 is 10.6 Å². The summed E-state index contributed by atoms with van der Waals surface area (Å²) in [6.45, 7) is 3.81. The van der Waals surface area contributed by atoms with Crippen LogP contribution >= 0.6 is 0 Å². The van der Waals surface area contributed by atoms with Gasteiger partial charge in [-0.1, -0.05) is 11.3 Å². The van der Waals surface area contributed by atoms with Crippen LogP contribution in [0, 0.1) is 0 Å². The highest BCUT2D eigenvalue weighted by Crippen LogP contribution is 2.04. The van der Waals surface area contributed by atoms with Crippen molar-refractivity contribution in [3.8, 4) is 0 Å². The van der Waals surface area contributed by atoms with Gasteiger partial charge in [0.2, 0.25) is 0 Å². The topological polar surface area (TPSA) is 84.7 Å². The lowest BCUT2D eigenvalue weighted by Gasteiger charge is -2.06. The van der Waals surface area contributed by atoms with Gasteiger partial charge in [-0.05, 0) is 19.1 Å². The molecule has 0 atom stereocenters. The number of carbonyl (C=O) groups excluding carboxylic acids is 1. The van der Waals surface area contributed by atoms with Crippen LogP contribution in [0.4, 0.5) is 5.82 Å². The molecule has 1 amide bonds. The van der Waals surface area contributed by atoms with Crippen molar-refractivity contribution >= 4 is 11.7 Å². The van der Waals surface area contributed by atoms with Crippen molar-refractivity contribution in [1.82, 2.24) is 25.3 Å². The Kier molecular flexibility index (Phi) is 4.44. The van der Waals surface area contributed by atoms with Crippen LogP contribution in [0.2, 0.25) is 0 Å². The van der Waals surface area contributed by atoms with Gasteiger partial charge in [0.25, 0.3) is 5.91 Å². The second kappa shape index (κ2) is 6.48. The molecule has 7 nitrogen and oxygen atoms in total. The van der Waals surface area contributed by atoms with E-state index in [1.807, 2.05) is 13.0 Å². The monoisotopic (exact) mass is 260 g/mol. The smallest absolute Gasteiger partial charge is 0.270 e. The van der Waals surface area contributed by atoms with E-state index >= 15 is 0 Å². The van der Waals surface area contributed by atoms with Crippen molar-refractivity contribution in [2.75, 3.05) is 18.4 Å². The summed E-state index contributed by atoms with van der Waals surface area (Å²) in [5, 5.41) is 13.4. The number of carbonyl (C=O) groups is 1. The van der Waals surface area contributed by atoms with Crippen LogP contribution in [0.5, 0.6) is 0 Å². The number of aromatic nitrogens is 4. The highest BCUT2D eigenvalue weighted by molar-refractivity contribution is 5.92. The number of rotatable bonds is 6. The first-order valence-corrected chi connectivity index (χ1v) is 6.13. The molecule has 2 rings (SSSR count). The zero-order valence-corrected chi connectivity index (χ0v) is 10.7. The Morgan fingerprint density at radius 2 is 2.32 bits per heavy atom. The summed E-state index contributed by atoms with van der Waals surface area (Å²) in [7, 11) is 0. The number of amides is 1. The SMILES string of the molecule is CCNc1cccc(C(=O)NCCn2ccnn2)n1. The summed E-state index contributed by atoms with van der Waals surface area (Å²) in [6, 6.07) is 5.32. The molecule has 0 fully saturated rings. The first kappa shape index (κ1) is 13.0. The number of hydrogen-bond donors (Lipinski definition) is 2. The predicted molar refractivity (Wildman–Crippen MR) is 70.8 cm³/mol. The predicted octanol–water partition coefficient (Wildman–Crippen LogP) is 0.535. The van der Waals surface area contributed by atoms with E-state index in [9.17, 15) is 4.79 Å². The molecule has 0 aromatic carbocycles. The Hall–Kier alpha value is -2.44. The first-order chi connectivity index (χ1) is 9.29. The number of nitrogens with zero attached hydrogens (tertiary/aromatic N) is 4. The highest BCUT2D eigenvalue weighted by atomic mass is 16.1. The molecule has 0 saturated heterocycles. The Labute approximate surface area is 111 Å². The van der Waals surface area contributed by atoms with Gasteiger partial charge in [0.15, 0.2) is 0 Å². The molecular weight excluding hydrogens is 244 g/mol. The number of anilines is 1. The summed E-state index contributed by atoms with van der Waals surface area (Å²) >= 11 is 0. The number of pyridine rings is 1. The molecule has 0 unspecified atom stereocenters. The molecule has 0 saturated carbocycles. The molecule has 7 heteroatoms. The molecule has 2 aromatic heterocycles. The fraction of sp³-hybridized carbons (Fsp3) is 0.333. The molecule has 2 N–H and O–H groups in total. The Morgan fingerprint density at radius 3 is 3.05 bits per heavy atom. The molecular formula is C12H16N6O. The third kappa shape index (κ3) is 3.77. The fourth-order valence-corrected chi connectivity index (χ4v) is 1.57. The second-order valence-electron chi connectivity index (χ2n) is 3.86. The normalized spacial score (nSPS) is 10.2. The van der Waals surface area contributed by atoms with Gasteiger partial charge in [0.1, 0.15) is 11.5 Å². The third-order valence-electron chi connectivity index (χ3n) is 2.44. The van der Waals surface area contributed by atoms with E-state index in [2.05, 4.69) is 25.9 Å². The summed E-state index contributed by atoms with van der Waals surface area (Å²) in [6.07, 6.45) is 3.35. The lowest BCUT2D eigenvalue weighted by atomic mass is 10.3. The zero-order valence-electron chi connectivity index (χ0n) is 10.7. The molecule has 0 bridgehead atoms. The maximum atomic E-state index is 11.9.